The van der Waals surface area contributed by atoms with Crippen LogP contribution in [0.2, 0.25) is 5.02 Å². The van der Waals surface area contributed by atoms with E-state index in [1.165, 1.54) is 0 Å². The Morgan fingerprint density at radius 3 is 2.60 bits per heavy atom. The Bertz CT molecular complexity index is 905. The number of aromatic nitrogens is 1. The Morgan fingerprint density at radius 1 is 1.04 bits per heavy atom. The lowest BCUT2D eigenvalue weighted by molar-refractivity contribution is -0.146. The molecule has 1 heterocycles. The number of para-hydroxylation sites is 1. The van der Waals surface area contributed by atoms with Crippen molar-refractivity contribution >= 4 is 40.1 Å². The highest BCUT2D eigenvalue weighted by molar-refractivity contribution is 6.30. The molecule has 5 nitrogen and oxygen atoms in total. The molecule has 1 N–H and O–H groups in total. The maximum Gasteiger partial charge on any atom is 0.310 e. The largest absolute Gasteiger partial charge is 0.455 e. The average Bonchev–Trinajstić information content (AvgIpc) is 2.62. The van der Waals surface area contributed by atoms with Crippen molar-refractivity contribution in [1.29, 1.82) is 0 Å². The third-order valence-electron chi connectivity index (χ3n) is 3.54. The SMILES string of the molecule is O=C(COC(=O)Cc1cccc2cccnc12)Nc1ccc(Cl)cc1. The van der Waals surface area contributed by atoms with Crippen LogP contribution in [0.1, 0.15) is 5.56 Å². The van der Waals surface area contributed by atoms with Gasteiger partial charge in [0.25, 0.3) is 5.91 Å². The Kier molecular flexibility index (Phi) is 5.26. The Balaban J connectivity index is 1.55. The molecule has 0 spiro atoms. The lowest BCUT2D eigenvalue weighted by Crippen LogP contribution is -2.21. The zero-order chi connectivity index (χ0) is 17.6. The summed E-state index contributed by atoms with van der Waals surface area (Å²) in [5.41, 5.74) is 2.11. The molecule has 2 aromatic carbocycles. The molecule has 6 heteroatoms. The van der Waals surface area contributed by atoms with Gasteiger partial charge in [-0.3, -0.25) is 14.6 Å². The van der Waals surface area contributed by atoms with Gasteiger partial charge in [0, 0.05) is 22.3 Å². The van der Waals surface area contributed by atoms with Crippen molar-refractivity contribution in [2.24, 2.45) is 0 Å². The summed E-state index contributed by atoms with van der Waals surface area (Å²) in [6, 6.07) is 16.0. The number of fused-ring (bicyclic) bond motifs is 1. The first-order valence-electron chi connectivity index (χ1n) is 7.65. The standard InChI is InChI=1S/C19H15ClN2O3/c20-15-6-8-16(9-7-15)22-17(23)12-25-18(24)11-14-4-1-3-13-5-2-10-21-19(13)14/h1-10H,11-12H2,(H,22,23). The van der Waals surface area contributed by atoms with E-state index in [1.807, 2.05) is 30.3 Å². The highest BCUT2D eigenvalue weighted by Crippen LogP contribution is 2.17. The number of esters is 1. The molecule has 0 atom stereocenters. The minimum absolute atomic E-state index is 0.0581. The van der Waals surface area contributed by atoms with E-state index in [2.05, 4.69) is 10.3 Å². The van der Waals surface area contributed by atoms with Crippen LogP contribution in [0.3, 0.4) is 0 Å². The molecule has 3 rings (SSSR count). The number of hydrogen-bond donors (Lipinski definition) is 1. The number of benzene rings is 2. The predicted octanol–water partition coefficient (Wildman–Crippen LogP) is 3.61. The number of hydrogen-bond acceptors (Lipinski definition) is 4. The second kappa shape index (κ2) is 7.77. The van der Waals surface area contributed by atoms with Crippen molar-refractivity contribution in [3.63, 3.8) is 0 Å². The molecule has 126 valence electrons. The topological polar surface area (TPSA) is 68.3 Å². The van der Waals surface area contributed by atoms with Crippen LogP contribution >= 0.6 is 11.6 Å². The molecule has 0 unspecified atom stereocenters. The molecule has 0 aliphatic rings. The number of pyridine rings is 1. The third kappa shape index (κ3) is 4.55. The number of carbonyl (C=O) groups is 2. The van der Waals surface area contributed by atoms with Gasteiger partial charge in [0.05, 0.1) is 11.9 Å². The third-order valence-corrected chi connectivity index (χ3v) is 3.80. The Hall–Kier alpha value is -2.92. The predicted molar refractivity (Wildman–Crippen MR) is 96.5 cm³/mol. The summed E-state index contributed by atoms with van der Waals surface area (Å²) < 4.78 is 5.05. The summed E-state index contributed by atoms with van der Waals surface area (Å²) in [4.78, 5) is 28.1. The highest BCUT2D eigenvalue weighted by Gasteiger charge is 2.11. The maximum absolute atomic E-state index is 12.0. The molecule has 0 aliphatic carbocycles. The smallest absolute Gasteiger partial charge is 0.310 e. The molecule has 3 aromatic rings. The van der Waals surface area contributed by atoms with Crippen LogP contribution in [0.4, 0.5) is 5.69 Å². The lowest BCUT2D eigenvalue weighted by Gasteiger charge is -2.08. The van der Waals surface area contributed by atoms with Gasteiger partial charge >= 0.3 is 5.97 Å². The summed E-state index contributed by atoms with van der Waals surface area (Å²) >= 11 is 5.78. The molecule has 0 bridgehead atoms. The minimum Gasteiger partial charge on any atom is -0.455 e. The maximum atomic E-state index is 12.0. The molecule has 1 aromatic heterocycles. The second-order valence-corrected chi connectivity index (χ2v) is 5.82. The summed E-state index contributed by atoms with van der Waals surface area (Å²) in [5, 5.41) is 4.16. The molecular weight excluding hydrogens is 340 g/mol. The molecule has 25 heavy (non-hydrogen) atoms. The van der Waals surface area contributed by atoms with Crippen LogP contribution in [0, 0.1) is 0 Å². The molecule has 0 fully saturated rings. The van der Waals surface area contributed by atoms with Crippen molar-refractivity contribution in [2.75, 3.05) is 11.9 Å². The number of ether oxygens (including phenoxy) is 1. The van der Waals surface area contributed by atoms with Gasteiger partial charge in [-0.15, -0.1) is 0 Å². The van der Waals surface area contributed by atoms with E-state index >= 15 is 0 Å². The first-order valence-corrected chi connectivity index (χ1v) is 8.03. The quantitative estimate of drug-likeness (QED) is 0.711. The van der Waals surface area contributed by atoms with Gasteiger partial charge in [0.15, 0.2) is 6.61 Å². The van der Waals surface area contributed by atoms with E-state index in [1.54, 1.807) is 30.5 Å². The number of carbonyl (C=O) groups excluding carboxylic acids is 2. The number of rotatable bonds is 5. The van der Waals surface area contributed by atoms with E-state index in [0.717, 1.165) is 16.5 Å². The van der Waals surface area contributed by atoms with Gasteiger partial charge in [0.2, 0.25) is 0 Å². The number of nitrogens with one attached hydrogen (secondary N) is 1. The van der Waals surface area contributed by atoms with E-state index in [-0.39, 0.29) is 13.0 Å². The minimum atomic E-state index is -0.482. The first-order chi connectivity index (χ1) is 12.1. The molecule has 0 saturated heterocycles. The van der Waals surface area contributed by atoms with Crippen LogP contribution < -0.4 is 5.32 Å². The molecule has 1 amide bonds. The molecule has 0 radical (unpaired) electrons. The number of anilines is 1. The first kappa shape index (κ1) is 16.9. The molecule has 0 saturated carbocycles. The summed E-state index contributed by atoms with van der Waals surface area (Å²) in [7, 11) is 0. The normalized spacial score (nSPS) is 10.4. The highest BCUT2D eigenvalue weighted by atomic mass is 35.5. The van der Waals surface area contributed by atoms with Crippen molar-refractivity contribution in [3.8, 4) is 0 Å². The number of amides is 1. The van der Waals surface area contributed by atoms with E-state index < -0.39 is 11.9 Å². The summed E-state index contributed by atoms with van der Waals surface area (Å²) in [6.45, 7) is -0.348. The average molecular weight is 355 g/mol. The van der Waals surface area contributed by atoms with E-state index in [0.29, 0.717) is 10.7 Å². The van der Waals surface area contributed by atoms with Gasteiger partial charge in [-0.25, -0.2) is 0 Å². The Morgan fingerprint density at radius 2 is 1.80 bits per heavy atom. The van der Waals surface area contributed by atoms with Crippen molar-refractivity contribution in [3.05, 3.63) is 71.4 Å². The summed E-state index contributed by atoms with van der Waals surface area (Å²) in [5.74, 6) is -0.892. The van der Waals surface area contributed by atoms with E-state index in [9.17, 15) is 9.59 Å². The fourth-order valence-electron chi connectivity index (χ4n) is 2.39. The van der Waals surface area contributed by atoms with Gasteiger partial charge in [-0.05, 0) is 35.9 Å². The van der Waals surface area contributed by atoms with Crippen LogP contribution in [0.15, 0.2) is 60.8 Å². The molecule has 0 aliphatic heterocycles. The monoisotopic (exact) mass is 354 g/mol. The fourth-order valence-corrected chi connectivity index (χ4v) is 2.52. The van der Waals surface area contributed by atoms with Crippen molar-refractivity contribution in [2.45, 2.75) is 6.42 Å². The van der Waals surface area contributed by atoms with Gasteiger partial charge in [-0.1, -0.05) is 35.9 Å². The zero-order valence-corrected chi connectivity index (χ0v) is 14.0. The second-order valence-electron chi connectivity index (χ2n) is 5.38. The van der Waals surface area contributed by atoms with Crippen LogP contribution in [0.25, 0.3) is 10.9 Å². The molecular formula is C19H15ClN2O3. The number of nitrogens with zero attached hydrogens (tertiary/aromatic N) is 1. The van der Waals surface area contributed by atoms with Crippen LogP contribution in [-0.4, -0.2) is 23.5 Å². The summed E-state index contributed by atoms with van der Waals surface area (Å²) in [6.07, 6.45) is 1.74. The van der Waals surface area contributed by atoms with Gasteiger partial charge in [-0.2, -0.15) is 0 Å². The van der Waals surface area contributed by atoms with Crippen molar-refractivity contribution in [1.82, 2.24) is 4.98 Å². The van der Waals surface area contributed by atoms with Gasteiger partial charge < -0.3 is 10.1 Å². The zero-order valence-electron chi connectivity index (χ0n) is 13.2. The van der Waals surface area contributed by atoms with Crippen LogP contribution in [-0.2, 0) is 20.7 Å². The van der Waals surface area contributed by atoms with Crippen molar-refractivity contribution < 1.29 is 14.3 Å². The van der Waals surface area contributed by atoms with E-state index in [4.69, 9.17) is 16.3 Å². The van der Waals surface area contributed by atoms with Gasteiger partial charge in [0.1, 0.15) is 0 Å². The number of halogens is 1. The fraction of sp³-hybridized carbons (Fsp3) is 0.105. The lowest BCUT2D eigenvalue weighted by atomic mass is 10.1. The van der Waals surface area contributed by atoms with Crippen LogP contribution in [0.5, 0.6) is 0 Å². The Labute approximate surface area is 149 Å².